The Labute approximate surface area is 166 Å². The van der Waals surface area contributed by atoms with Crippen LogP contribution in [-0.4, -0.2) is 29.3 Å². The normalized spacial score (nSPS) is 34.6. The first-order chi connectivity index (χ1) is 13.3. The maximum Gasteiger partial charge on any atom is 0.352 e. The second kappa shape index (κ2) is 7.18. The number of benzene rings is 1. The second-order valence-electron chi connectivity index (χ2n) is 9.09. The van der Waals surface area contributed by atoms with Crippen LogP contribution in [0.15, 0.2) is 18.2 Å². The van der Waals surface area contributed by atoms with E-state index in [-0.39, 0.29) is 11.5 Å². The van der Waals surface area contributed by atoms with E-state index in [1.54, 1.807) is 0 Å². The lowest BCUT2D eigenvalue weighted by molar-refractivity contribution is -0.159. The Hall–Kier alpha value is -1.88. The molecule has 0 bridgehead atoms. The van der Waals surface area contributed by atoms with Gasteiger partial charge in [-0.3, -0.25) is 4.79 Å². The molecule has 0 heterocycles. The highest BCUT2D eigenvalue weighted by Crippen LogP contribution is 2.60. The first-order valence-corrected chi connectivity index (χ1v) is 10.5. The Morgan fingerprint density at radius 2 is 2.00 bits per heavy atom. The fourth-order valence-corrected chi connectivity index (χ4v) is 6.09. The zero-order valence-corrected chi connectivity index (χ0v) is 16.9. The standard InChI is InChI=1S/C23H30O5/c1-13(27-14(2)24)22(26)28-16-5-7-17-15(12-16)4-6-19-18(17)10-11-23(3)20(19)8-9-21(23)25/h5,7,12-13,18-21,25H,4,6,8-11H2,1-3H3/t13?,18-,19-,20+,21+,23+/m1/s1. The molecule has 1 N–H and O–H groups in total. The lowest BCUT2D eigenvalue weighted by Crippen LogP contribution is -2.43. The minimum Gasteiger partial charge on any atom is -0.451 e. The van der Waals surface area contributed by atoms with E-state index < -0.39 is 18.0 Å². The molecule has 5 heteroatoms. The molecule has 0 spiro atoms. The average molecular weight is 386 g/mol. The summed E-state index contributed by atoms with van der Waals surface area (Å²) < 4.78 is 10.3. The van der Waals surface area contributed by atoms with Crippen LogP contribution < -0.4 is 4.74 Å². The van der Waals surface area contributed by atoms with E-state index >= 15 is 0 Å². The molecule has 152 valence electrons. The topological polar surface area (TPSA) is 72.8 Å². The van der Waals surface area contributed by atoms with Crippen LogP contribution in [0.3, 0.4) is 0 Å². The molecule has 0 amide bonds. The van der Waals surface area contributed by atoms with Gasteiger partial charge in [-0.2, -0.15) is 0 Å². The van der Waals surface area contributed by atoms with Crippen molar-refractivity contribution >= 4 is 11.9 Å². The summed E-state index contributed by atoms with van der Waals surface area (Å²) in [5, 5.41) is 10.5. The summed E-state index contributed by atoms with van der Waals surface area (Å²) in [6, 6.07) is 5.94. The molecule has 5 nitrogen and oxygen atoms in total. The molecule has 0 aromatic heterocycles. The lowest BCUT2D eigenvalue weighted by atomic mass is 9.55. The van der Waals surface area contributed by atoms with Crippen LogP contribution >= 0.6 is 0 Å². The third-order valence-corrected chi connectivity index (χ3v) is 7.54. The summed E-state index contributed by atoms with van der Waals surface area (Å²) in [7, 11) is 0. The summed E-state index contributed by atoms with van der Waals surface area (Å²) in [5.41, 5.74) is 2.72. The third-order valence-electron chi connectivity index (χ3n) is 7.54. The molecule has 0 aliphatic heterocycles. The van der Waals surface area contributed by atoms with Crippen LogP contribution in [0, 0.1) is 17.3 Å². The second-order valence-corrected chi connectivity index (χ2v) is 9.09. The first-order valence-electron chi connectivity index (χ1n) is 10.5. The van der Waals surface area contributed by atoms with E-state index in [2.05, 4.69) is 13.0 Å². The molecule has 3 aliphatic carbocycles. The quantitative estimate of drug-likeness (QED) is 0.632. The average Bonchev–Trinajstić information content (AvgIpc) is 2.95. The fourth-order valence-electron chi connectivity index (χ4n) is 6.09. The Morgan fingerprint density at radius 1 is 1.21 bits per heavy atom. The maximum absolute atomic E-state index is 12.1. The first kappa shape index (κ1) is 19.4. The van der Waals surface area contributed by atoms with Crippen molar-refractivity contribution in [2.75, 3.05) is 0 Å². The van der Waals surface area contributed by atoms with Crippen LogP contribution in [-0.2, 0) is 20.7 Å². The van der Waals surface area contributed by atoms with Gasteiger partial charge in [-0.1, -0.05) is 13.0 Å². The summed E-state index contributed by atoms with van der Waals surface area (Å²) in [6.45, 7) is 5.08. The number of esters is 2. The molecular weight excluding hydrogens is 356 g/mol. The van der Waals surface area contributed by atoms with Crippen molar-refractivity contribution in [1.82, 2.24) is 0 Å². The van der Waals surface area contributed by atoms with Crippen molar-refractivity contribution < 1.29 is 24.2 Å². The van der Waals surface area contributed by atoms with Gasteiger partial charge < -0.3 is 14.6 Å². The molecular formula is C23H30O5. The number of hydrogen-bond donors (Lipinski definition) is 1. The molecule has 1 unspecified atom stereocenters. The Balaban J connectivity index is 1.50. The van der Waals surface area contributed by atoms with E-state index in [1.807, 2.05) is 12.1 Å². The molecule has 3 aliphatic rings. The number of aliphatic hydroxyl groups is 1. The van der Waals surface area contributed by atoms with Crippen molar-refractivity contribution in [3.05, 3.63) is 29.3 Å². The van der Waals surface area contributed by atoms with E-state index in [9.17, 15) is 14.7 Å². The Bertz CT molecular complexity index is 787. The van der Waals surface area contributed by atoms with Gasteiger partial charge >= 0.3 is 11.9 Å². The molecule has 1 aromatic rings. The van der Waals surface area contributed by atoms with Crippen molar-refractivity contribution in [2.24, 2.45) is 17.3 Å². The van der Waals surface area contributed by atoms with Crippen molar-refractivity contribution in [2.45, 2.75) is 77.4 Å². The highest BCUT2D eigenvalue weighted by molar-refractivity contribution is 5.80. The number of fused-ring (bicyclic) bond motifs is 5. The summed E-state index contributed by atoms with van der Waals surface area (Å²) in [5.74, 6) is 1.24. The number of carbonyl (C=O) groups is 2. The van der Waals surface area contributed by atoms with Gasteiger partial charge in [0.1, 0.15) is 5.75 Å². The number of ether oxygens (including phenoxy) is 2. The third kappa shape index (κ3) is 3.24. The van der Waals surface area contributed by atoms with Crippen LogP contribution in [0.2, 0.25) is 0 Å². The zero-order valence-electron chi connectivity index (χ0n) is 16.9. The van der Waals surface area contributed by atoms with E-state index in [1.165, 1.54) is 25.0 Å². The molecule has 6 atom stereocenters. The van der Waals surface area contributed by atoms with E-state index in [0.717, 1.165) is 38.5 Å². The van der Waals surface area contributed by atoms with Crippen LogP contribution in [0.5, 0.6) is 5.75 Å². The van der Waals surface area contributed by atoms with Crippen LogP contribution in [0.25, 0.3) is 0 Å². The summed E-state index contributed by atoms with van der Waals surface area (Å²) >= 11 is 0. The molecule has 28 heavy (non-hydrogen) atoms. The predicted octanol–water partition coefficient (Wildman–Crippen LogP) is 3.76. The Kier molecular flexibility index (Phi) is 4.98. The smallest absolute Gasteiger partial charge is 0.352 e. The number of aryl methyl sites for hydroxylation is 1. The zero-order chi connectivity index (χ0) is 20.1. The van der Waals surface area contributed by atoms with Gasteiger partial charge in [0.2, 0.25) is 0 Å². The number of carbonyl (C=O) groups excluding carboxylic acids is 2. The van der Waals surface area contributed by atoms with Gasteiger partial charge in [0.25, 0.3) is 0 Å². The van der Waals surface area contributed by atoms with Gasteiger partial charge in [-0.25, -0.2) is 4.79 Å². The maximum atomic E-state index is 12.1. The molecule has 4 rings (SSSR count). The fraction of sp³-hybridized carbons (Fsp3) is 0.652. The van der Waals surface area contributed by atoms with Gasteiger partial charge in [0.05, 0.1) is 6.10 Å². The molecule has 2 saturated carbocycles. The van der Waals surface area contributed by atoms with Crippen molar-refractivity contribution in [1.29, 1.82) is 0 Å². The lowest BCUT2D eigenvalue weighted by Gasteiger charge is -2.50. The highest BCUT2D eigenvalue weighted by Gasteiger charge is 2.54. The predicted molar refractivity (Wildman–Crippen MR) is 104 cm³/mol. The van der Waals surface area contributed by atoms with Gasteiger partial charge in [0.15, 0.2) is 6.10 Å². The molecule has 0 radical (unpaired) electrons. The monoisotopic (exact) mass is 386 g/mol. The number of hydrogen-bond acceptors (Lipinski definition) is 5. The molecule has 1 aromatic carbocycles. The van der Waals surface area contributed by atoms with Crippen LogP contribution in [0.4, 0.5) is 0 Å². The molecule has 0 saturated heterocycles. The summed E-state index contributed by atoms with van der Waals surface area (Å²) in [6.07, 6.45) is 5.31. The Morgan fingerprint density at radius 3 is 2.75 bits per heavy atom. The van der Waals surface area contributed by atoms with Crippen molar-refractivity contribution in [3.8, 4) is 5.75 Å². The largest absolute Gasteiger partial charge is 0.451 e. The van der Waals surface area contributed by atoms with Gasteiger partial charge in [0, 0.05) is 6.92 Å². The van der Waals surface area contributed by atoms with Gasteiger partial charge in [-0.15, -0.1) is 0 Å². The number of aliphatic hydroxyl groups excluding tert-OH is 1. The number of rotatable bonds is 3. The van der Waals surface area contributed by atoms with Crippen molar-refractivity contribution in [3.63, 3.8) is 0 Å². The van der Waals surface area contributed by atoms with E-state index in [0.29, 0.717) is 23.5 Å². The summed E-state index contributed by atoms with van der Waals surface area (Å²) in [4.78, 5) is 23.1. The van der Waals surface area contributed by atoms with E-state index in [4.69, 9.17) is 9.47 Å². The highest BCUT2D eigenvalue weighted by atomic mass is 16.6. The SMILES string of the molecule is CC(=O)OC(C)C(=O)Oc1ccc2c(c1)CC[C@@H]1[C@@H]2CC[C@]2(C)[C@@H](O)CC[C@@H]12. The minimum atomic E-state index is -0.914. The minimum absolute atomic E-state index is 0.0843. The van der Waals surface area contributed by atoms with Crippen LogP contribution in [0.1, 0.15) is 69.9 Å². The molecule has 2 fully saturated rings. The van der Waals surface area contributed by atoms with Gasteiger partial charge in [-0.05, 0) is 91.9 Å².